The van der Waals surface area contributed by atoms with Crippen molar-refractivity contribution in [1.29, 1.82) is 0 Å². The Hall–Kier alpha value is -4.33. The van der Waals surface area contributed by atoms with Gasteiger partial charge in [-0.25, -0.2) is 4.79 Å². The third kappa shape index (κ3) is 9.10. The van der Waals surface area contributed by atoms with Gasteiger partial charge in [-0.1, -0.05) is 60.7 Å². The van der Waals surface area contributed by atoms with Crippen molar-refractivity contribution in [2.75, 3.05) is 12.4 Å². The predicted octanol–water partition coefficient (Wildman–Crippen LogP) is 6.14. The molecule has 0 aliphatic heterocycles. The Morgan fingerprint density at radius 2 is 1.37 bits per heavy atom. The molecule has 0 bridgehead atoms. The zero-order valence-corrected chi connectivity index (χ0v) is 24.9. The number of anilines is 1. The fourth-order valence-corrected chi connectivity index (χ4v) is 4.45. The molecule has 3 amide bonds. The maximum atomic E-state index is 14.5. The van der Waals surface area contributed by atoms with Crippen LogP contribution < -0.4 is 15.4 Å². The molecule has 0 radical (unpaired) electrons. The van der Waals surface area contributed by atoms with Gasteiger partial charge >= 0.3 is 6.09 Å². The lowest BCUT2D eigenvalue weighted by molar-refractivity contribution is -0.146. The van der Waals surface area contributed by atoms with Crippen LogP contribution in [0.3, 0.4) is 0 Å². The summed E-state index contributed by atoms with van der Waals surface area (Å²) in [4.78, 5) is 43.0. The van der Waals surface area contributed by atoms with Gasteiger partial charge in [-0.3, -0.25) is 9.59 Å². The maximum Gasteiger partial charge on any atom is 0.408 e. The van der Waals surface area contributed by atoms with Crippen LogP contribution in [0.5, 0.6) is 5.75 Å². The molecule has 41 heavy (non-hydrogen) atoms. The molecule has 0 spiro atoms. The first kappa shape index (κ1) is 31.2. The molecule has 0 saturated carbocycles. The van der Waals surface area contributed by atoms with Crippen molar-refractivity contribution < 1.29 is 23.9 Å². The van der Waals surface area contributed by atoms with Gasteiger partial charge in [0.2, 0.25) is 5.91 Å². The lowest BCUT2D eigenvalue weighted by atomic mass is 9.94. The maximum absolute atomic E-state index is 14.5. The van der Waals surface area contributed by atoms with Gasteiger partial charge in [-0.05, 0) is 76.9 Å². The Morgan fingerprint density at radius 3 is 1.88 bits per heavy atom. The topological polar surface area (TPSA) is 97.0 Å². The summed E-state index contributed by atoms with van der Waals surface area (Å²) in [7, 11) is 1.57. The van der Waals surface area contributed by atoms with E-state index in [2.05, 4.69) is 10.6 Å². The van der Waals surface area contributed by atoms with Crippen LogP contribution in [0.2, 0.25) is 0 Å². The highest BCUT2D eigenvalue weighted by Crippen LogP contribution is 2.31. The molecule has 0 aliphatic carbocycles. The quantitative estimate of drug-likeness (QED) is 0.328. The van der Waals surface area contributed by atoms with Gasteiger partial charge in [-0.2, -0.15) is 0 Å². The van der Waals surface area contributed by atoms with Crippen LogP contribution in [0, 0.1) is 0 Å². The minimum Gasteiger partial charge on any atom is -0.497 e. The second-order valence-corrected chi connectivity index (χ2v) is 11.8. The minimum atomic E-state index is -0.996. The van der Waals surface area contributed by atoms with Gasteiger partial charge in [0.05, 0.1) is 7.11 Å². The van der Waals surface area contributed by atoms with E-state index < -0.39 is 35.2 Å². The predicted molar refractivity (Wildman–Crippen MR) is 161 cm³/mol. The summed E-state index contributed by atoms with van der Waals surface area (Å²) in [6.45, 7) is 10.9. The van der Waals surface area contributed by atoms with Crippen LogP contribution in [0.1, 0.15) is 58.7 Å². The second-order valence-electron chi connectivity index (χ2n) is 11.8. The number of nitrogens with one attached hydrogen (secondary N) is 2. The Morgan fingerprint density at radius 1 is 0.805 bits per heavy atom. The SMILES string of the molecule is COc1ccc(NC(=O)C(c2ccccc2)N(C(=O)C(Cc2ccccc2)NC(=O)OC(C)(C)C)C(C)(C)C)cc1. The van der Waals surface area contributed by atoms with Crippen molar-refractivity contribution in [3.8, 4) is 5.75 Å². The number of carbonyl (C=O) groups is 3. The zero-order chi connectivity index (χ0) is 30.2. The van der Waals surface area contributed by atoms with E-state index in [1.54, 1.807) is 57.0 Å². The number of hydrogen-bond acceptors (Lipinski definition) is 5. The van der Waals surface area contributed by atoms with Crippen molar-refractivity contribution >= 4 is 23.6 Å². The molecule has 8 nitrogen and oxygen atoms in total. The average molecular weight is 560 g/mol. The number of methoxy groups -OCH3 is 1. The van der Waals surface area contributed by atoms with E-state index in [0.717, 1.165) is 5.56 Å². The highest BCUT2D eigenvalue weighted by molar-refractivity contribution is 5.99. The molecule has 2 atom stereocenters. The van der Waals surface area contributed by atoms with Crippen LogP contribution >= 0.6 is 0 Å². The van der Waals surface area contributed by atoms with Crippen molar-refractivity contribution in [3.63, 3.8) is 0 Å². The molecule has 3 aromatic rings. The monoisotopic (exact) mass is 559 g/mol. The number of ether oxygens (including phenoxy) is 2. The Labute approximate surface area is 243 Å². The fraction of sp³-hybridized carbons (Fsp3) is 0.364. The van der Waals surface area contributed by atoms with E-state index in [0.29, 0.717) is 17.0 Å². The normalized spacial score (nSPS) is 13.0. The van der Waals surface area contributed by atoms with Crippen LogP contribution in [-0.4, -0.2) is 47.1 Å². The molecule has 0 aromatic heterocycles. The number of benzene rings is 3. The van der Waals surface area contributed by atoms with E-state index in [9.17, 15) is 14.4 Å². The first-order valence-electron chi connectivity index (χ1n) is 13.6. The summed E-state index contributed by atoms with van der Waals surface area (Å²) in [6, 6.07) is 23.6. The van der Waals surface area contributed by atoms with Crippen LogP contribution in [0.15, 0.2) is 84.9 Å². The van der Waals surface area contributed by atoms with Crippen LogP contribution in [0.25, 0.3) is 0 Å². The molecule has 8 heteroatoms. The molecule has 218 valence electrons. The number of alkyl carbamates (subject to hydrolysis) is 1. The van der Waals surface area contributed by atoms with E-state index >= 15 is 0 Å². The van der Waals surface area contributed by atoms with E-state index in [4.69, 9.17) is 9.47 Å². The van der Waals surface area contributed by atoms with Gasteiger partial charge in [0.15, 0.2) is 0 Å². The molecule has 3 rings (SSSR count). The Balaban J connectivity index is 2.05. The third-order valence-electron chi connectivity index (χ3n) is 6.21. The Kier molecular flexibility index (Phi) is 10.2. The van der Waals surface area contributed by atoms with Crippen molar-refractivity contribution in [2.45, 2.75) is 71.2 Å². The standard InChI is InChI=1S/C33H41N3O5/c1-32(2,3)36(30(38)27(22-23-14-10-8-11-15-23)35-31(39)41-33(4,5)6)28(24-16-12-9-13-17-24)29(37)34-25-18-20-26(40-7)21-19-25/h8-21,27-28H,22H2,1-7H3,(H,34,37)(H,35,39). The molecule has 2 unspecified atom stereocenters. The van der Waals surface area contributed by atoms with E-state index in [-0.39, 0.29) is 12.3 Å². The number of rotatable bonds is 9. The molecule has 0 fully saturated rings. The smallest absolute Gasteiger partial charge is 0.408 e. The van der Waals surface area contributed by atoms with E-state index in [1.165, 1.54) is 0 Å². The average Bonchev–Trinajstić information content (AvgIpc) is 2.90. The number of amides is 3. The van der Waals surface area contributed by atoms with Crippen LogP contribution in [-0.2, 0) is 20.7 Å². The van der Waals surface area contributed by atoms with E-state index in [1.807, 2.05) is 81.4 Å². The summed E-state index contributed by atoms with van der Waals surface area (Å²) >= 11 is 0. The number of hydrogen-bond donors (Lipinski definition) is 2. The number of carbonyl (C=O) groups excluding carboxylic acids is 3. The first-order valence-corrected chi connectivity index (χ1v) is 13.6. The van der Waals surface area contributed by atoms with Crippen molar-refractivity contribution in [1.82, 2.24) is 10.2 Å². The summed E-state index contributed by atoms with van der Waals surface area (Å²) in [5.74, 6) is -0.141. The largest absolute Gasteiger partial charge is 0.497 e. The molecule has 0 saturated heterocycles. The Bertz CT molecular complexity index is 1300. The lowest BCUT2D eigenvalue weighted by Crippen LogP contribution is -2.58. The minimum absolute atomic E-state index is 0.215. The van der Waals surface area contributed by atoms with Gasteiger partial charge in [0.1, 0.15) is 23.4 Å². The highest BCUT2D eigenvalue weighted by atomic mass is 16.6. The van der Waals surface area contributed by atoms with Crippen molar-refractivity contribution in [3.05, 3.63) is 96.1 Å². The van der Waals surface area contributed by atoms with Crippen LogP contribution in [0.4, 0.5) is 10.5 Å². The molecule has 0 aliphatic rings. The molecule has 3 aromatic carbocycles. The van der Waals surface area contributed by atoms with Gasteiger partial charge in [0.25, 0.3) is 5.91 Å². The molecular formula is C33H41N3O5. The van der Waals surface area contributed by atoms with Gasteiger partial charge < -0.3 is 25.0 Å². The zero-order valence-electron chi connectivity index (χ0n) is 24.9. The summed E-state index contributed by atoms with van der Waals surface area (Å²) < 4.78 is 10.7. The highest BCUT2D eigenvalue weighted by Gasteiger charge is 2.42. The lowest BCUT2D eigenvalue weighted by Gasteiger charge is -2.43. The molecule has 2 N–H and O–H groups in total. The first-order chi connectivity index (χ1) is 19.3. The fourth-order valence-electron chi connectivity index (χ4n) is 4.45. The third-order valence-corrected chi connectivity index (χ3v) is 6.21. The molecular weight excluding hydrogens is 518 g/mol. The van der Waals surface area contributed by atoms with Gasteiger partial charge in [-0.15, -0.1) is 0 Å². The van der Waals surface area contributed by atoms with Crippen molar-refractivity contribution in [2.24, 2.45) is 0 Å². The summed E-state index contributed by atoms with van der Waals surface area (Å²) in [5.41, 5.74) is 0.497. The number of nitrogens with zero attached hydrogens (tertiary/aromatic N) is 1. The van der Waals surface area contributed by atoms with Gasteiger partial charge in [0, 0.05) is 17.6 Å². The summed E-state index contributed by atoms with van der Waals surface area (Å²) in [5, 5.41) is 5.74. The molecule has 0 heterocycles. The second kappa shape index (κ2) is 13.4. The summed E-state index contributed by atoms with van der Waals surface area (Å²) in [6.07, 6.45) is -0.493.